The standard InChI is InChI=1S/C20H22F2N6O2/c1-28-10-14(16(17(28)18(21)22)11-6-4-3-5-7-11)24-20(29)25-15-8-13-12(9-23-15)19(30-2)27-26-13/h3-9,14,16-18H,10H2,1-2H3,(H,26,27)(H2,23,24,25,29)/t14-,16-,17+/m1/s1. The Kier molecular flexibility index (Phi) is 5.49. The fourth-order valence-electron chi connectivity index (χ4n) is 4.08. The molecule has 8 nitrogen and oxygen atoms in total. The smallest absolute Gasteiger partial charge is 0.320 e. The van der Waals surface area contributed by atoms with Crippen LogP contribution in [0.25, 0.3) is 10.9 Å². The second-order valence-electron chi connectivity index (χ2n) is 7.25. The molecule has 0 saturated carbocycles. The molecule has 158 valence electrons. The van der Waals surface area contributed by atoms with Crippen molar-refractivity contribution in [2.75, 3.05) is 26.0 Å². The highest BCUT2D eigenvalue weighted by Crippen LogP contribution is 2.36. The van der Waals surface area contributed by atoms with Gasteiger partial charge in [-0.25, -0.2) is 18.6 Å². The average Bonchev–Trinajstić information content (AvgIpc) is 3.28. The van der Waals surface area contributed by atoms with Crippen molar-refractivity contribution in [1.82, 2.24) is 25.4 Å². The van der Waals surface area contributed by atoms with Crippen LogP contribution in [0.5, 0.6) is 5.88 Å². The van der Waals surface area contributed by atoms with Gasteiger partial charge in [-0.2, -0.15) is 0 Å². The van der Waals surface area contributed by atoms with Crippen LogP contribution in [0.2, 0.25) is 0 Å². The topological polar surface area (TPSA) is 95.2 Å². The Labute approximate surface area is 171 Å². The van der Waals surface area contributed by atoms with Gasteiger partial charge in [-0.1, -0.05) is 30.3 Å². The van der Waals surface area contributed by atoms with E-state index in [2.05, 4.69) is 25.8 Å². The summed E-state index contributed by atoms with van der Waals surface area (Å²) >= 11 is 0. The molecule has 3 heterocycles. The largest absolute Gasteiger partial charge is 0.479 e. The number of urea groups is 1. The number of carbonyl (C=O) groups excluding carboxylic acids is 1. The van der Waals surface area contributed by atoms with Crippen LogP contribution >= 0.6 is 0 Å². The highest BCUT2D eigenvalue weighted by molar-refractivity contribution is 5.92. The van der Waals surface area contributed by atoms with Crippen molar-refractivity contribution in [1.29, 1.82) is 0 Å². The number of rotatable bonds is 5. The summed E-state index contributed by atoms with van der Waals surface area (Å²) < 4.78 is 32.6. The lowest BCUT2D eigenvalue weighted by atomic mass is 9.88. The van der Waals surface area contributed by atoms with Gasteiger partial charge in [-0.05, 0) is 12.6 Å². The fourth-order valence-corrected chi connectivity index (χ4v) is 4.08. The molecule has 1 aromatic carbocycles. The molecule has 10 heteroatoms. The predicted octanol–water partition coefficient (Wildman–Crippen LogP) is 2.82. The zero-order valence-corrected chi connectivity index (χ0v) is 16.5. The van der Waals surface area contributed by atoms with E-state index in [0.29, 0.717) is 29.1 Å². The number of H-pyrrole nitrogens is 1. The maximum absolute atomic E-state index is 13.8. The third-order valence-corrected chi connectivity index (χ3v) is 5.40. The third kappa shape index (κ3) is 3.78. The Bertz CT molecular complexity index is 1030. The minimum Gasteiger partial charge on any atom is -0.479 e. The minimum atomic E-state index is -2.53. The zero-order valence-electron chi connectivity index (χ0n) is 16.5. The van der Waals surface area contributed by atoms with Crippen LogP contribution in [0.4, 0.5) is 19.4 Å². The number of anilines is 1. The van der Waals surface area contributed by atoms with Crippen LogP contribution in [0, 0.1) is 0 Å². The van der Waals surface area contributed by atoms with E-state index in [-0.39, 0.29) is 0 Å². The number of halogens is 2. The molecule has 1 aliphatic heterocycles. The van der Waals surface area contributed by atoms with E-state index in [1.165, 1.54) is 13.3 Å². The number of methoxy groups -OCH3 is 1. The molecule has 3 N–H and O–H groups in total. The van der Waals surface area contributed by atoms with Gasteiger partial charge >= 0.3 is 6.03 Å². The molecule has 2 aromatic heterocycles. The highest BCUT2D eigenvalue weighted by atomic mass is 19.3. The number of benzene rings is 1. The Hall–Kier alpha value is -3.27. The molecule has 0 spiro atoms. The number of hydrogen-bond acceptors (Lipinski definition) is 5. The maximum Gasteiger partial charge on any atom is 0.320 e. The van der Waals surface area contributed by atoms with Crippen LogP contribution in [-0.4, -0.2) is 65.3 Å². The second kappa shape index (κ2) is 8.23. The van der Waals surface area contributed by atoms with Crippen molar-refractivity contribution in [2.45, 2.75) is 24.4 Å². The van der Waals surface area contributed by atoms with Gasteiger partial charge in [0.25, 0.3) is 6.43 Å². The lowest BCUT2D eigenvalue weighted by Crippen LogP contribution is -2.43. The molecule has 0 unspecified atom stereocenters. The van der Waals surface area contributed by atoms with E-state index < -0.39 is 30.5 Å². The van der Waals surface area contributed by atoms with Crippen molar-refractivity contribution in [2.24, 2.45) is 0 Å². The molecule has 0 radical (unpaired) electrons. The summed E-state index contributed by atoms with van der Waals surface area (Å²) in [6, 6.07) is 8.73. The Morgan fingerprint density at radius 1 is 1.33 bits per heavy atom. The van der Waals surface area contributed by atoms with Crippen LogP contribution in [0.15, 0.2) is 42.6 Å². The van der Waals surface area contributed by atoms with E-state index in [1.54, 1.807) is 18.0 Å². The molecule has 4 rings (SSSR count). The number of fused-ring (bicyclic) bond motifs is 1. The summed E-state index contributed by atoms with van der Waals surface area (Å²) in [7, 11) is 3.15. The van der Waals surface area contributed by atoms with Crippen molar-refractivity contribution in [3.63, 3.8) is 0 Å². The summed E-state index contributed by atoms with van der Waals surface area (Å²) in [4.78, 5) is 18.4. The Morgan fingerprint density at radius 2 is 2.10 bits per heavy atom. The third-order valence-electron chi connectivity index (χ3n) is 5.40. The van der Waals surface area contributed by atoms with E-state index in [9.17, 15) is 13.6 Å². The molecule has 0 aliphatic carbocycles. The first kappa shape index (κ1) is 20.0. The second-order valence-corrected chi connectivity index (χ2v) is 7.25. The molecule has 3 atom stereocenters. The zero-order chi connectivity index (χ0) is 21.3. The van der Waals surface area contributed by atoms with Gasteiger partial charge in [-0.3, -0.25) is 15.3 Å². The van der Waals surface area contributed by atoms with E-state index in [4.69, 9.17) is 4.74 Å². The summed E-state index contributed by atoms with van der Waals surface area (Å²) in [5.74, 6) is 0.180. The van der Waals surface area contributed by atoms with Gasteiger partial charge < -0.3 is 10.1 Å². The lowest BCUT2D eigenvalue weighted by molar-refractivity contribution is 0.0512. The molecule has 1 fully saturated rings. The minimum absolute atomic E-state index is 0.305. The van der Waals surface area contributed by atoms with Gasteiger partial charge in [0.05, 0.1) is 30.1 Å². The van der Waals surface area contributed by atoms with Gasteiger partial charge in [0, 0.05) is 24.7 Å². The van der Waals surface area contributed by atoms with Gasteiger partial charge in [0.2, 0.25) is 5.88 Å². The number of ether oxygens (including phenoxy) is 1. The summed E-state index contributed by atoms with van der Waals surface area (Å²) in [6.07, 6.45) is -0.995. The molecular formula is C20H22F2N6O2. The number of likely N-dealkylation sites (tertiary alicyclic amines) is 1. The van der Waals surface area contributed by atoms with Gasteiger partial charge in [0.15, 0.2) is 0 Å². The Balaban J connectivity index is 1.51. The van der Waals surface area contributed by atoms with Crippen molar-refractivity contribution >= 4 is 22.8 Å². The van der Waals surface area contributed by atoms with Crippen molar-refractivity contribution in [3.05, 3.63) is 48.2 Å². The first-order chi connectivity index (χ1) is 14.5. The SMILES string of the molecule is COc1n[nH]c2cc(NC(=O)N[C@@H]3CN(C)[C@H](C(F)F)[C@@H]3c3ccccc3)ncc12. The quantitative estimate of drug-likeness (QED) is 0.595. The van der Waals surface area contributed by atoms with Gasteiger partial charge in [-0.15, -0.1) is 5.10 Å². The molecule has 1 saturated heterocycles. The number of amides is 2. The van der Waals surface area contributed by atoms with Crippen molar-refractivity contribution in [3.8, 4) is 5.88 Å². The van der Waals surface area contributed by atoms with Crippen LogP contribution in [0.3, 0.4) is 0 Å². The number of nitrogens with one attached hydrogen (secondary N) is 3. The van der Waals surface area contributed by atoms with Crippen molar-refractivity contribution < 1.29 is 18.3 Å². The molecule has 30 heavy (non-hydrogen) atoms. The first-order valence-corrected chi connectivity index (χ1v) is 9.47. The van der Waals surface area contributed by atoms with Gasteiger partial charge in [0.1, 0.15) is 5.82 Å². The molecule has 1 aliphatic rings. The maximum atomic E-state index is 13.8. The monoisotopic (exact) mass is 416 g/mol. The fraction of sp³-hybridized carbons (Fsp3) is 0.350. The number of carbonyl (C=O) groups is 1. The number of aromatic amines is 1. The molecular weight excluding hydrogens is 394 g/mol. The summed E-state index contributed by atoms with van der Waals surface area (Å²) in [5, 5.41) is 13.0. The first-order valence-electron chi connectivity index (χ1n) is 9.47. The number of likely N-dealkylation sites (N-methyl/N-ethyl adjacent to an activating group) is 1. The van der Waals surface area contributed by atoms with Crippen LogP contribution < -0.4 is 15.4 Å². The van der Waals surface area contributed by atoms with E-state index in [1.807, 2.05) is 30.3 Å². The summed E-state index contributed by atoms with van der Waals surface area (Å²) in [5.41, 5.74) is 1.42. The van der Waals surface area contributed by atoms with E-state index in [0.717, 1.165) is 5.56 Å². The molecule has 0 bridgehead atoms. The molecule has 2 amide bonds. The van der Waals surface area contributed by atoms with Crippen LogP contribution in [-0.2, 0) is 0 Å². The number of alkyl halides is 2. The number of aromatic nitrogens is 3. The van der Waals surface area contributed by atoms with Crippen LogP contribution in [0.1, 0.15) is 11.5 Å². The lowest BCUT2D eigenvalue weighted by Gasteiger charge is -2.26. The molecule has 3 aromatic rings. The normalized spacial score (nSPS) is 21.8. The Morgan fingerprint density at radius 3 is 2.80 bits per heavy atom. The average molecular weight is 416 g/mol. The number of pyridine rings is 1. The summed E-state index contributed by atoms with van der Waals surface area (Å²) in [6.45, 7) is 0.312. The number of hydrogen-bond donors (Lipinski definition) is 3. The number of nitrogens with zero attached hydrogens (tertiary/aromatic N) is 3. The van der Waals surface area contributed by atoms with E-state index >= 15 is 0 Å². The predicted molar refractivity (Wildman–Crippen MR) is 108 cm³/mol. The highest BCUT2D eigenvalue weighted by Gasteiger charge is 2.46.